The number of nitrogens with one attached hydrogen (secondary N) is 2. The molecule has 1 aliphatic heterocycles. The summed E-state index contributed by atoms with van der Waals surface area (Å²) in [6.07, 6.45) is 5.38. The average Bonchev–Trinajstić information content (AvgIpc) is 3.39. The van der Waals surface area contributed by atoms with Crippen LogP contribution in [0, 0.1) is 21.4 Å². The lowest BCUT2D eigenvalue weighted by molar-refractivity contribution is -0.383. The van der Waals surface area contributed by atoms with Crippen LogP contribution in [0.4, 0.5) is 17.1 Å². The molecule has 3 aromatic rings. The molecule has 2 aromatic carbocycles. The molecule has 8 heteroatoms. The maximum absolute atomic E-state index is 11.4. The number of nitrogens with zero attached hydrogens (tertiary/aromatic N) is 3. The molecule has 0 spiro atoms. The molecule has 4 rings (SSSR count). The summed E-state index contributed by atoms with van der Waals surface area (Å²) in [6, 6.07) is 12.8. The predicted octanol–water partition coefficient (Wildman–Crippen LogP) is 4.34. The molecule has 0 saturated carbocycles. The van der Waals surface area contributed by atoms with Crippen molar-refractivity contribution in [3.63, 3.8) is 0 Å². The van der Waals surface area contributed by atoms with Crippen molar-refractivity contribution >= 4 is 28.0 Å². The summed E-state index contributed by atoms with van der Waals surface area (Å²) < 4.78 is 5.25. The molecule has 8 nitrogen and oxygen atoms in total. The number of methoxy groups -OCH3 is 1. The summed E-state index contributed by atoms with van der Waals surface area (Å²) in [7, 11) is 1.73. The van der Waals surface area contributed by atoms with Crippen molar-refractivity contribution in [2.45, 2.75) is 25.3 Å². The number of aromatic amines is 1. The van der Waals surface area contributed by atoms with E-state index in [1.165, 1.54) is 24.5 Å². The second kappa shape index (κ2) is 9.16. The number of H-pyrrole nitrogens is 1. The fourth-order valence-electron chi connectivity index (χ4n) is 4.32. The Morgan fingerprint density at radius 2 is 2.23 bits per heavy atom. The summed E-state index contributed by atoms with van der Waals surface area (Å²) in [4.78, 5) is 16.8. The normalized spacial score (nSPS) is 16.5. The largest absolute Gasteiger partial charge is 0.383 e. The van der Waals surface area contributed by atoms with E-state index in [1.807, 2.05) is 24.3 Å². The van der Waals surface area contributed by atoms with E-state index in [0.29, 0.717) is 11.7 Å². The third-order valence-corrected chi connectivity index (χ3v) is 5.91. The van der Waals surface area contributed by atoms with Crippen LogP contribution in [0.25, 0.3) is 10.9 Å². The van der Waals surface area contributed by atoms with E-state index in [9.17, 15) is 10.1 Å². The number of anilines is 2. The van der Waals surface area contributed by atoms with Gasteiger partial charge < -0.3 is 15.0 Å². The van der Waals surface area contributed by atoms with Crippen LogP contribution in [0.15, 0.2) is 42.6 Å². The summed E-state index contributed by atoms with van der Waals surface area (Å²) in [6.45, 7) is 2.78. The Bertz CT molecular complexity index is 1130. The Morgan fingerprint density at radius 3 is 3.00 bits per heavy atom. The first-order valence-electron chi connectivity index (χ1n) is 10.4. The van der Waals surface area contributed by atoms with Gasteiger partial charge in [-0.25, -0.2) is 0 Å². The van der Waals surface area contributed by atoms with Crippen LogP contribution < -0.4 is 5.32 Å². The molecule has 2 N–H and O–H groups in total. The second-order valence-electron chi connectivity index (χ2n) is 7.83. The number of ether oxygens (including phenoxy) is 1. The lowest BCUT2D eigenvalue weighted by atomic mass is 10.0. The van der Waals surface area contributed by atoms with E-state index in [0.717, 1.165) is 42.7 Å². The Morgan fingerprint density at radius 1 is 1.35 bits per heavy atom. The molecule has 1 aliphatic rings. The van der Waals surface area contributed by atoms with E-state index >= 15 is 0 Å². The van der Waals surface area contributed by atoms with Gasteiger partial charge in [-0.05, 0) is 61.7 Å². The van der Waals surface area contributed by atoms with E-state index in [2.05, 4.69) is 21.4 Å². The first-order valence-corrected chi connectivity index (χ1v) is 10.4. The third-order valence-electron chi connectivity index (χ3n) is 5.91. The molecule has 0 bridgehead atoms. The molecule has 0 radical (unpaired) electrons. The maximum Gasteiger partial charge on any atom is 0.293 e. The number of nitro benzene ring substituents is 1. The van der Waals surface area contributed by atoms with Gasteiger partial charge in [0.1, 0.15) is 5.69 Å². The summed E-state index contributed by atoms with van der Waals surface area (Å²) >= 11 is 0. The Hall–Kier alpha value is -3.41. The molecule has 1 fully saturated rings. The van der Waals surface area contributed by atoms with Crippen LogP contribution in [0.3, 0.4) is 0 Å². The summed E-state index contributed by atoms with van der Waals surface area (Å²) in [5.41, 5.74) is 3.55. The van der Waals surface area contributed by atoms with E-state index < -0.39 is 4.92 Å². The number of rotatable bonds is 8. The van der Waals surface area contributed by atoms with E-state index in [1.54, 1.807) is 19.2 Å². The minimum atomic E-state index is -0.474. The zero-order chi connectivity index (χ0) is 21.8. The fourth-order valence-corrected chi connectivity index (χ4v) is 4.32. The maximum atomic E-state index is 11.4. The van der Waals surface area contributed by atoms with Crippen molar-refractivity contribution in [3.8, 4) is 6.07 Å². The minimum absolute atomic E-state index is 0.117. The monoisotopic (exact) mass is 419 g/mol. The van der Waals surface area contributed by atoms with E-state index in [-0.39, 0.29) is 11.3 Å². The smallest absolute Gasteiger partial charge is 0.293 e. The molecule has 160 valence electrons. The number of benzene rings is 2. The molecule has 1 atom stereocenters. The average molecular weight is 419 g/mol. The standard InChI is InChI=1S/C23H25N5O3/c1-31-10-9-27-8-2-3-19(27)12-17-15-25-21-7-5-18(13-20(17)21)26-22-6-4-16(14-24)11-23(22)28(29)30/h4-7,11,13,15,19,25-26H,2-3,8-10,12H2,1H3. The molecule has 1 saturated heterocycles. The van der Waals surface area contributed by atoms with Crippen LogP contribution in [-0.2, 0) is 11.2 Å². The van der Waals surface area contributed by atoms with Gasteiger partial charge in [0, 0.05) is 48.5 Å². The van der Waals surface area contributed by atoms with E-state index in [4.69, 9.17) is 10.00 Å². The first-order chi connectivity index (χ1) is 15.1. The molecular weight excluding hydrogens is 394 g/mol. The molecule has 2 heterocycles. The molecule has 31 heavy (non-hydrogen) atoms. The number of nitro groups is 1. The van der Waals surface area contributed by atoms with Crippen LogP contribution in [-0.4, -0.2) is 47.7 Å². The quantitative estimate of drug-likeness (QED) is 0.415. The second-order valence-corrected chi connectivity index (χ2v) is 7.83. The lowest BCUT2D eigenvalue weighted by Gasteiger charge is -2.23. The van der Waals surface area contributed by atoms with Gasteiger partial charge in [-0.15, -0.1) is 0 Å². The lowest BCUT2D eigenvalue weighted by Crippen LogP contribution is -2.33. The van der Waals surface area contributed by atoms with Gasteiger partial charge in [0.15, 0.2) is 0 Å². The number of hydrogen-bond donors (Lipinski definition) is 2. The molecule has 0 aliphatic carbocycles. The van der Waals surface area contributed by atoms with Crippen LogP contribution in [0.5, 0.6) is 0 Å². The van der Waals surface area contributed by atoms with Gasteiger partial charge >= 0.3 is 0 Å². The SMILES string of the molecule is COCCN1CCCC1Cc1c[nH]c2ccc(Nc3ccc(C#N)cc3[N+](=O)[O-])cc12. The molecule has 1 aromatic heterocycles. The highest BCUT2D eigenvalue weighted by atomic mass is 16.6. The number of nitriles is 1. The number of hydrogen-bond acceptors (Lipinski definition) is 6. The highest BCUT2D eigenvalue weighted by Crippen LogP contribution is 2.31. The highest BCUT2D eigenvalue weighted by Gasteiger charge is 2.25. The zero-order valence-corrected chi connectivity index (χ0v) is 17.4. The molecular formula is C23H25N5O3. The van der Waals surface area contributed by atoms with Gasteiger partial charge in [-0.1, -0.05) is 0 Å². The van der Waals surface area contributed by atoms with Crippen molar-refractivity contribution in [2.75, 3.05) is 32.1 Å². The Kier molecular flexibility index (Phi) is 6.16. The van der Waals surface area contributed by atoms with Crippen molar-refractivity contribution in [2.24, 2.45) is 0 Å². The topological polar surface area (TPSA) is 107 Å². The van der Waals surface area contributed by atoms with Crippen molar-refractivity contribution < 1.29 is 9.66 Å². The van der Waals surface area contributed by atoms with Crippen molar-refractivity contribution in [1.29, 1.82) is 5.26 Å². The number of fused-ring (bicyclic) bond motifs is 1. The van der Waals surface area contributed by atoms with Crippen molar-refractivity contribution in [1.82, 2.24) is 9.88 Å². The van der Waals surface area contributed by atoms with Gasteiger partial charge in [-0.2, -0.15) is 5.26 Å². The van der Waals surface area contributed by atoms with Crippen LogP contribution >= 0.6 is 0 Å². The number of aromatic nitrogens is 1. The van der Waals surface area contributed by atoms with Gasteiger partial charge in [-0.3, -0.25) is 15.0 Å². The number of likely N-dealkylation sites (tertiary alicyclic amines) is 1. The predicted molar refractivity (Wildman–Crippen MR) is 120 cm³/mol. The van der Waals surface area contributed by atoms with Crippen LogP contribution in [0.1, 0.15) is 24.0 Å². The molecule has 0 amide bonds. The van der Waals surface area contributed by atoms with Crippen LogP contribution in [0.2, 0.25) is 0 Å². The highest BCUT2D eigenvalue weighted by molar-refractivity contribution is 5.88. The fraction of sp³-hybridized carbons (Fsp3) is 0.348. The summed E-state index contributed by atoms with van der Waals surface area (Å²) in [5.74, 6) is 0. The zero-order valence-electron chi connectivity index (χ0n) is 17.4. The van der Waals surface area contributed by atoms with Gasteiger partial charge in [0.05, 0.1) is 23.2 Å². The van der Waals surface area contributed by atoms with Crippen molar-refractivity contribution in [3.05, 3.63) is 63.8 Å². The van der Waals surface area contributed by atoms with Gasteiger partial charge in [0.2, 0.25) is 0 Å². The minimum Gasteiger partial charge on any atom is -0.383 e. The van der Waals surface area contributed by atoms with Gasteiger partial charge in [0.25, 0.3) is 5.69 Å². The Labute approximate surface area is 180 Å². The Balaban J connectivity index is 1.58. The molecule has 1 unspecified atom stereocenters. The first kappa shape index (κ1) is 20.8. The third kappa shape index (κ3) is 4.53. The summed E-state index contributed by atoms with van der Waals surface area (Å²) in [5, 5.41) is 24.7.